The quantitative estimate of drug-likeness (QED) is 0.143. The third kappa shape index (κ3) is 6.94. The summed E-state index contributed by atoms with van der Waals surface area (Å²) in [4.78, 5) is 48.8. The lowest BCUT2D eigenvalue weighted by molar-refractivity contribution is -0.135. The predicted octanol–water partition coefficient (Wildman–Crippen LogP) is 7.41. The number of piperidine rings is 1. The van der Waals surface area contributed by atoms with Crippen LogP contribution in [0.25, 0.3) is 44.5 Å². The van der Waals surface area contributed by atoms with E-state index in [9.17, 15) is 18.8 Å². The highest BCUT2D eigenvalue weighted by Gasteiger charge is 2.28. The van der Waals surface area contributed by atoms with Gasteiger partial charge in [0.05, 0.1) is 22.6 Å². The molecule has 1 aliphatic heterocycles. The van der Waals surface area contributed by atoms with Crippen LogP contribution in [-0.2, 0) is 11.3 Å². The molecule has 1 fully saturated rings. The van der Waals surface area contributed by atoms with E-state index in [1.54, 1.807) is 6.20 Å². The number of hydrogen-bond donors (Lipinski definition) is 3. The Morgan fingerprint density at radius 1 is 0.943 bits per heavy atom. The van der Waals surface area contributed by atoms with E-state index in [2.05, 4.69) is 47.0 Å². The molecule has 4 heterocycles. The van der Waals surface area contributed by atoms with Crippen molar-refractivity contribution in [1.82, 2.24) is 24.6 Å². The molecule has 6 aromatic rings. The van der Waals surface area contributed by atoms with Gasteiger partial charge >= 0.3 is 0 Å². The lowest BCUT2D eigenvalue weighted by atomic mass is 9.98. The van der Waals surface area contributed by atoms with E-state index >= 15 is 0 Å². The number of aromatic amines is 1. The van der Waals surface area contributed by atoms with Crippen LogP contribution in [0.2, 0.25) is 0 Å². The number of pyridine rings is 2. The summed E-state index contributed by atoms with van der Waals surface area (Å²) < 4.78 is 15.6. The molecule has 11 heteroatoms. The largest absolute Gasteiger partial charge is 0.365 e. The highest BCUT2D eigenvalue weighted by atomic mass is 19.1. The van der Waals surface area contributed by atoms with Crippen LogP contribution < -0.4 is 16.5 Å². The lowest BCUT2D eigenvalue weighted by Crippen LogP contribution is -2.41. The van der Waals surface area contributed by atoms with Crippen molar-refractivity contribution in [2.75, 3.05) is 18.4 Å². The minimum Gasteiger partial charge on any atom is -0.365 e. The molecular weight excluding hydrogens is 670 g/mol. The van der Waals surface area contributed by atoms with Crippen molar-refractivity contribution in [3.63, 3.8) is 0 Å². The molecule has 0 radical (unpaired) electrons. The number of benzene rings is 3. The topological polar surface area (TPSA) is 139 Å². The van der Waals surface area contributed by atoms with Crippen molar-refractivity contribution in [3.8, 4) is 33.6 Å². The van der Waals surface area contributed by atoms with Gasteiger partial charge in [-0.2, -0.15) is 5.10 Å². The van der Waals surface area contributed by atoms with E-state index in [0.717, 1.165) is 40.6 Å². The molecule has 0 bridgehead atoms. The van der Waals surface area contributed by atoms with Crippen molar-refractivity contribution >= 4 is 28.5 Å². The number of nitrogens with two attached hydrogens (primary N) is 1. The molecule has 3 aromatic heterocycles. The minimum absolute atomic E-state index is 0.0479. The molecule has 7 rings (SSSR count). The molecule has 4 N–H and O–H groups in total. The van der Waals surface area contributed by atoms with Gasteiger partial charge in [-0.1, -0.05) is 68.4 Å². The van der Waals surface area contributed by atoms with Gasteiger partial charge in [0, 0.05) is 49.1 Å². The zero-order valence-corrected chi connectivity index (χ0v) is 30.2. The molecule has 10 nitrogen and oxygen atoms in total. The van der Waals surface area contributed by atoms with E-state index in [1.807, 2.05) is 49.1 Å². The maximum atomic E-state index is 13.6. The summed E-state index contributed by atoms with van der Waals surface area (Å²) in [6, 6.07) is 21.4. The number of fused-ring (bicyclic) bond motifs is 1. The normalized spacial score (nSPS) is 13.5. The van der Waals surface area contributed by atoms with Crippen molar-refractivity contribution in [1.29, 1.82) is 0 Å². The Morgan fingerprint density at radius 3 is 2.28 bits per heavy atom. The Labute approximate surface area is 306 Å². The number of carbonyl (C=O) groups excluding carboxylic acids is 2. The van der Waals surface area contributed by atoms with Gasteiger partial charge in [0.1, 0.15) is 22.9 Å². The van der Waals surface area contributed by atoms with E-state index in [0.29, 0.717) is 36.6 Å². The number of carbonyl (C=O) groups is 2. The smallest absolute Gasteiger partial charge is 0.254 e. The third-order valence-electron chi connectivity index (χ3n) is 10.2. The van der Waals surface area contributed by atoms with Gasteiger partial charge in [-0.15, -0.1) is 0 Å². The summed E-state index contributed by atoms with van der Waals surface area (Å²) in [5, 5.41) is 9.66. The van der Waals surface area contributed by atoms with Crippen LogP contribution in [-0.4, -0.2) is 49.6 Å². The molecule has 2 amide bonds. The zero-order chi connectivity index (χ0) is 37.4. The van der Waals surface area contributed by atoms with Crippen molar-refractivity contribution < 1.29 is 14.0 Å². The van der Waals surface area contributed by atoms with Gasteiger partial charge in [-0.05, 0) is 72.7 Å². The Bertz CT molecular complexity index is 2390. The van der Waals surface area contributed by atoms with E-state index in [1.165, 1.54) is 41.6 Å². The number of aromatic nitrogens is 4. The molecule has 3 aromatic carbocycles. The summed E-state index contributed by atoms with van der Waals surface area (Å²) in [7, 11) is 0. The Balaban J connectivity index is 1.27. The summed E-state index contributed by atoms with van der Waals surface area (Å²) in [5.74, 6) is -0.477. The highest BCUT2D eigenvalue weighted by Crippen LogP contribution is 2.37. The van der Waals surface area contributed by atoms with Gasteiger partial charge in [-0.25, -0.2) is 9.37 Å². The molecule has 0 atom stereocenters. The first-order valence-corrected chi connectivity index (χ1v) is 17.9. The molecule has 270 valence electrons. The first kappa shape index (κ1) is 35.3. The van der Waals surface area contributed by atoms with Gasteiger partial charge in [0.25, 0.3) is 5.91 Å². The number of likely N-dealkylation sites (tertiary alicyclic amines) is 1. The second kappa shape index (κ2) is 14.5. The monoisotopic (exact) mass is 711 g/mol. The van der Waals surface area contributed by atoms with Crippen LogP contribution in [0.15, 0.2) is 90.0 Å². The summed E-state index contributed by atoms with van der Waals surface area (Å²) in [5.41, 5.74) is 12.7. The Kier molecular flexibility index (Phi) is 9.66. The first-order valence-electron chi connectivity index (χ1n) is 17.9. The van der Waals surface area contributed by atoms with Crippen LogP contribution in [0.1, 0.15) is 59.8 Å². The number of amides is 2. The third-order valence-corrected chi connectivity index (χ3v) is 10.2. The van der Waals surface area contributed by atoms with E-state index in [4.69, 9.17) is 15.8 Å². The number of halogens is 1. The highest BCUT2D eigenvalue weighted by molar-refractivity contribution is 6.02. The molecule has 53 heavy (non-hydrogen) atoms. The molecule has 0 spiro atoms. The maximum Gasteiger partial charge on any atom is 0.254 e. The van der Waals surface area contributed by atoms with E-state index < -0.39 is 17.2 Å². The predicted molar refractivity (Wildman–Crippen MR) is 206 cm³/mol. The maximum absolute atomic E-state index is 13.6. The molecule has 0 unspecified atom stereocenters. The van der Waals surface area contributed by atoms with Crippen LogP contribution in [0, 0.1) is 25.6 Å². The fraction of sp³-hybridized carbons (Fsp3) is 0.262. The average Bonchev–Trinajstić information content (AvgIpc) is 3.55. The van der Waals surface area contributed by atoms with Crippen LogP contribution >= 0.6 is 0 Å². The fourth-order valence-electron chi connectivity index (χ4n) is 7.13. The summed E-state index contributed by atoms with van der Waals surface area (Å²) >= 11 is 0. The number of H-pyrrole nitrogens is 1. The number of anilines is 1. The molecular formula is C42H42FN7O3. The fourth-order valence-corrected chi connectivity index (χ4v) is 7.13. The number of rotatable bonds is 9. The molecule has 1 aliphatic rings. The van der Waals surface area contributed by atoms with Crippen molar-refractivity contribution in [3.05, 3.63) is 123 Å². The standard InChI is InChI=1S/C42H42FN7O3/c1-24(2)42(53)49-19-16-32(17-20-49)50-34-15-18-45-41(47-22-27-6-5-25(3)26(4)21-27)35(34)38(48-50)30-9-7-29(8-10-30)37-36(40(44)52)39(51)33(23-46-37)28-11-13-31(43)14-12-28/h5-15,18,21,23-24,32H,16-17,19-20,22H2,1-4H3,(H2,44,52)(H,45,47)(H,46,51). The number of nitrogens with zero attached hydrogens (tertiary/aromatic N) is 4. The average molecular weight is 712 g/mol. The van der Waals surface area contributed by atoms with Gasteiger partial charge in [0.2, 0.25) is 11.3 Å². The Morgan fingerprint density at radius 2 is 1.62 bits per heavy atom. The van der Waals surface area contributed by atoms with Gasteiger partial charge in [0.15, 0.2) is 0 Å². The zero-order valence-electron chi connectivity index (χ0n) is 30.2. The molecule has 0 saturated carbocycles. The van der Waals surface area contributed by atoms with Crippen LogP contribution in [0.3, 0.4) is 0 Å². The van der Waals surface area contributed by atoms with Crippen LogP contribution in [0.5, 0.6) is 0 Å². The number of hydrogen-bond acceptors (Lipinski definition) is 6. The molecule has 1 saturated heterocycles. The second-order valence-electron chi connectivity index (χ2n) is 14.1. The van der Waals surface area contributed by atoms with Crippen molar-refractivity contribution in [2.24, 2.45) is 11.7 Å². The van der Waals surface area contributed by atoms with E-state index in [-0.39, 0.29) is 34.7 Å². The molecule has 0 aliphatic carbocycles. The minimum atomic E-state index is -0.870. The number of aryl methyl sites for hydroxylation is 2. The van der Waals surface area contributed by atoms with Gasteiger partial charge < -0.3 is 20.9 Å². The first-order chi connectivity index (χ1) is 25.5. The lowest BCUT2D eigenvalue weighted by Gasteiger charge is -2.33. The second-order valence-corrected chi connectivity index (χ2v) is 14.1. The van der Waals surface area contributed by atoms with Crippen LogP contribution in [0.4, 0.5) is 10.2 Å². The van der Waals surface area contributed by atoms with Gasteiger partial charge in [-0.3, -0.25) is 19.1 Å². The SMILES string of the molecule is Cc1ccc(CNc2nccc3c2c(-c2ccc(-c4[nH]cc(-c5ccc(F)cc5)c(=O)c4C(N)=O)cc2)nn3C2CCN(C(=O)C(C)C)CC2)cc1C. The summed E-state index contributed by atoms with van der Waals surface area (Å²) in [6.45, 7) is 9.96. The number of nitrogens with one attached hydrogen (secondary N) is 2. The van der Waals surface area contributed by atoms with Crippen molar-refractivity contribution in [2.45, 2.75) is 53.1 Å². The Hall–Kier alpha value is -6.10. The summed E-state index contributed by atoms with van der Waals surface area (Å²) in [6.07, 6.45) is 4.86. The number of primary amides is 1.